The highest BCUT2D eigenvalue weighted by Crippen LogP contribution is 2.47. The lowest BCUT2D eigenvalue weighted by molar-refractivity contribution is 0.673. The smallest absolute Gasteiger partial charge is 0.160 e. The van der Waals surface area contributed by atoms with Gasteiger partial charge in [0, 0.05) is 60.4 Å². The molecule has 0 fully saturated rings. The predicted molar refractivity (Wildman–Crippen MR) is 286 cm³/mol. The zero-order chi connectivity index (χ0) is 45.4. The first-order valence-corrected chi connectivity index (χ1v) is 23.7. The first-order valence-electron chi connectivity index (χ1n) is 23.7. The normalized spacial score (nSPS) is 12.8. The summed E-state index contributed by atoms with van der Waals surface area (Å²) in [7, 11) is 0. The Bertz CT molecular complexity index is 4160. The van der Waals surface area contributed by atoms with Crippen LogP contribution in [-0.4, -0.2) is 19.1 Å². The number of hydrogen-bond acceptors (Lipinski definition) is 3. The first-order chi connectivity index (χ1) is 34.2. The van der Waals surface area contributed by atoms with Gasteiger partial charge in [-0.25, -0.2) is 9.97 Å². The second kappa shape index (κ2) is 15.8. The fourth-order valence-corrected chi connectivity index (χ4v) is 10.8. The molecule has 13 aromatic rings. The van der Waals surface area contributed by atoms with E-state index in [1.165, 1.54) is 21.9 Å². The highest BCUT2D eigenvalue weighted by Gasteiger charge is 2.26. The Morgan fingerprint density at radius 1 is 0.406 bits per heavy atom. The number of para-hydroxylation sites is 3. The van der Waals surface area contributed by atoms with Crippen LogP contribution in [0.4, 0.5) is 0 Å². The van der Waals surface area contributed by atoms with Gasteiger partial charge in [0.15, 0.2) is 5.82 Å². The van der Waals surface area contributed by atoms with Crippen molar-refractivity contribution < 1.29 is 4.42 Å². The predicted octanol–water partition coefficient (Wildman–Crippen LogP) is 17.0. The van der Waals surface area contributed by atoms with E-state index >= 15 is 0 Å². The van der Waals surface area contributed by atoms with Crippen LogP contribution in [0.25, 0.3) is 128 Å². The molecule has 1 aliphatic rings. The van der Waals surface area contributed by atoms with Crippen molar-refractivity contribution in [1.82, 2.24) is 19.1 Å². The Morgan fingerprint density at radius 2 is 1.01 bits per heavy atom. The Balaban J connectivity index is 1.06. The number of allylic oxidation sites excluding steroid dienone is 4. The van der Waals surface area contributed by atoms with E-state index in [0.29, 0.717) is 5.82 Å². The standard InChI is InChI=1S/C64H42N4O/c1-6-20-41(21-7-1)50-36-45(64-65-54(43-24-10-3-11-25-43)40-55(66-64)44-26-12-4-13-27-44)37-51(42-22-8-2-9-23-42)62(50)68-57-33-19-17-31-49(57)61-58(68)35-34-48-53-38-59-52(39-60(53)69-63(48)61)47-30-16-18-32-56(47)67(59)46-28-14-5-15-29-46/h1,3-8,10-40H,2,9H2. The van der Waals surface area contributed by atoms with Crippen LogP contribution in [0.1, 0.15) is 18.4 Å². The number of aromatic nitrogens is 4. The molecule has 1 aliphatic carbocycles. The van der Waals surface area contributed by atoms with Gasteiger partial charge in [0.25, 0.3) is 0 Å². The third-order valence-electron chi connectivity index (χ3n) is 13.9. The van der Waals surface area contributed by atoms with Crippen LogP contribution < -0.4 is 0 Å². The average molecular weight is 883 g/mol. The average Bonchev–Trinajstić information content (AvgIpc) is 4.08. The molecule has 0 spiro atoms. The highest BCUT2D eigenvalue weighted by atomic mass is 16.3. The van der Waals surface area contributed by atoms with Crippen LogP contribution >= 0.6 is 0 Å². The molecule has 0 amide bonds. The Morgan fingerprint density at radius 3 is 1.70 bits per heavy atom. The molecule has 0 saturated heterocycles. The zero-order valence-corrected chi connectivity index (χ0v) is 37.6. The maximum atomic E-state index is 7.17. The minimum Gasteiger partial charge on any atom is -0.455 e. The second-order valence-corrected chi connectivity index (χ2v) is 18.0. The van der Waals surface area contributed by atoms with E-state index in [1.807, 2.05) is 12.1 Å². The van der Waals surface area contributed by atoms with Crippen molar-refractivity contribution >= 4 is 71.1 Å². The minimum absolute atomic E-state index is 0.673. The van der Waals surface area contributed by atoms with Crippen molar-refractivity contribution in [2.45, 2.75) is 12.8 Å². The number of fused-ring (bicyclic) bond motifs is 10. The van der Waals surface area contributed by atoms with Gasteiger partial charge < -0.3 is 13.6 Å². The van der Waals surface area contributed by atoms with E-state index in [4.69, 9.17) is 14.4 Å². The molecule has 0 aliphatic heterocycles. The molecule has 324 valence electrons. The van der Waals surface area contributed by atoms with E-state index < -0.39 is 0 Å². The summed E-state index contributed by atoms with van der Waals surface area (Å²) in [6.45, 7) is 0. The molecule has 0 unspecified atom stereocenters. The van der Waals surface area contributed by atoms with Crippen molar-refractivity contribution in [2.24, 2.45) is 0 Å². The van der Waals surface area contributed by atoms with Gasteiger partial charge in [-0.3, -0.25) is 0 Å². The van der Waals surface area contributed by atoms with Crippen LogP contribution in [-0.2, 0) is 0 Å². The van der Waals surface area contributed by atoms with Gasteiger partial charge in [-0.1, -0.05) is 164 Å². The summed E-state index contributed by atoms with van der Waals surface area (Å²) in [4.78, 5) is 10.7. The molecule has 0 bridgehead atoms. The number of rotatable bonds is 7. The molecule has 5 heteroatoms. The van der Waals surface area contributed by atoms with Gasteiger partial charge in [-0.05, 0) is 90.7 Å². The molecular weight excluding hydrogens is 841 g/mol. The molecule has 4 aromatic heterocycles. The van der Waals surface area contributed by atoms with Gasteiger partial charge in [-0.15, -0.1) is 0 Å². The van der Waals surface area contributed by atoms with Crippen LogP contribution in [0.2, 0.25) is 0 Å². The molecule has 14 rings (SSSR count). The number of nitrogens with zero attached hydrogens (tertiary/aromatic N) is 4. The molecule has 0 radical (unpaired) electrons. The van der Waals surface area contributed by atoms with E-state index in [1.54, 1.807) is 0 Å². The lowest BCUT2D eigenvalue weighted by Crippen LogP contribution is -2.05. The summed E-state index contributed by atoms with van der Waals surface area (Å²) in [6, 6.07) is 75.6. The monoisotopic (exact) mass is 882 g/mol. The van der Waals surface area contributed by atoms with Gasteiger partial charge in [0.2, 0.25) is 0 Å². The molecule has 0 saturated carbocycles. The third kappa shape index (κ3) is 6.32. The zero-order valence-electron chi connectivity index (χ0n) is 37.6. The molecule has 5 nitrogen and oxygen atoms in total. The van der Waals surface area contributed by atoms with Crippen molar-refractivity contribution in [3.63, 3.8) is 0 Å². The Hall–Kier alpha value is -9.06. The maximum absolute atomic E-state index is 7.17. The van der Waals surface area contributed by atoms with Crippen molar-refractivity contribution in [1.29, 1.82) is 0 Å². The van der Waals surface area contributed by atoms with Crippen LogP contribution in [0, 0.1) is 0 Å². The van der Waals surface area contributed by atoms with Crippen LogP contribution in [0.5, 0.6) is 0 Å². The summed E-state index contributed by atoms with van der Waals surface area (Å²) < 4.78 is 12.0. The number of furan rings is 1. The maximum Gasteiger partial charge on any atom is 0.160 e. The quantitative estimate of drug-likeness (QED) is 0.160. The van der Waals surface area contributed by atoms with Crippen molar-refractivity contribution in [3.8, 4) is 56.4 Å². The number of benzene rings is 9. The van der Waals surface area contributed by atoms with Crippen LogP contribution in [0.3, 0.4) is 0 Å². The van der Waals surface area contributed by atoms with E-state index in [9.17, 15) is 0 Å². The van der Waals surface area contributed by atoms with Gasteiger partial charge >= 0.3 is 0 Å². The molecule has 0 N–H and O–H groups in total. The summed E-state index contributed by atoms with van der Waals surface area (Å²) in [5, 5.41) is 6.78. The summed E-state index contributed by atoms with van der Waals surface area (Å²) in [6.07, 6.45) is 8.93. The molecule has 4 heterocycles. The fraction of sp³-hybridized carbons (Fsp3) is 0.0312. The van der Waals surface area contributed by atoms with E-state index in [2.05, 4.69) is 228 Å². The SMILES string of the molecule is C1=CC(c2cc(-c3nc(-c4ccccc4)cc(-c4ccccc4)n3)cc(-c3ccccc3)c2-n2c3ccccc3c3c4oc5cc6c7ccccc7n(-c7ccccc7)c6cc5c4ccc32)=CCC1. The Kier molecular flexibility index (Phi) is 8.96. The summed E-state index contributed by atoms with van der Waals surface area (Å²) in [5.41, 5.74) is 17.8. The number of hydrogen-bond donors (Lipinski definition) is 0. The molecular formula is C64H42N4O. The minimum atomic E-state index is 0.673. The van der Waals surface area contributed by atoms with Crippen LogP contribution in [0.15, 0.2) is 235 Å². The first kappa shape index (κ1) is 39.1. The largest absolute Gasteiger partial charge is 0.455 e. The molecule has 69 heavy (non-hydrogen) atoms. The molecule has 0 atom stereocenters. The van der Waals surface area contributed by atoms with Crippen molar-refractivity contribution in [2.75, 3.05) is 0 Å². The van der Waals surface area contributed by atoms with Crippen molar-refractivity contribution in [3.05, 3.63) is 236 Å². The third-order valence-corrected chi connectivity index (χ3v) is 13.9. The molecule has 9 aromatic carbocycles. The summed E-state index contributed by atoms with van der Waals surface area (Å²) >= 11 is 0. The van der Waals surface area contributed by atoms with E-state index in [-0.39, 0.29) is 0 Å². The lowest BCUT2D eigenvalue weighted by atomic mass is 9.90. The highest BCUT2D eigenvalue weighted by molar-refractivity contribution is 6.26. The van der Waals surface area contributed by atoms with E-state index in [0.717, 1.165) is 118 Å². The van der Waals surface area contributed by atoms with Gasteiger partial charge in [-0.2, -0.15) is 0 Å². The second-order valence-electron chi connectivity index (χ2n) is 18.0. The van der Waals surface area contributed by atoms with Gasteiger partial charge in [0.05, 0.1) is 44.5 Å². The van der Waals surface area contributed by atoms with Gasteiger partial charge in [0.1, 0.15) is 11.2 Å². The summed E-state index contributed by atoms with van der Waals surface area (Å²) in [5.74, 6) is 0.673. The Labute approximate surface area is 398 Å². The fourth-order valence-electron chi connectivity index (χ4n) is 10.8. The lowest BCUT2D eigenvalue weighted by Gasteiger charge is -2.22. The topological polar surface area (TPSA) is 48.8 Å².